The van der Waals surface area contributed by atoms with E-state index in [1.807, 2.05) is 0 Å². The first-order valence-electron chi connectivity index (χ1n) is 10.7. The van der Waals surface area contributed by atoms with Gasteiger partial charge in [0, 0.05) is 55.4 Å². The summed E-state index contributed by atoms with van der Waals surface area (Å²) in [6.45, 7) is 7.94. The lowest BCUT2D eigenvalue weighted by molar-refractivity contribution is 0.0565. The van der Waals surface area contributed by atoms with Gasteiger partial charge in [-0.3, -0.25) is 24.3 Å². The molecule has 0 saturated carbocycles. The topological polar surface area (TPSA) is 43.9 Å². The van der Waals surface area contributed by atoms with E-state index >= 15 is 0 Å². The van der Waals surface area contributed by atoms with Crippen LogP contribution in [-0.4, -0.2) is 65.3 Å². The van der Waals surface area contributed by atoms with Gasteiger partial charge < -0.3 is 0 Å². The second-order valence-corrected chi connectivity index (χ2v) is 8.88. The van der Waals surface area contributed by atoms with Gasteiger partial charge in [0.15, 0.2) is 0 Å². The van der Waals surface area contributed by atoms with Gasteiger partial charge in [-0.15, -0.1) is 0 Å². The van der Waals surface area contributed by atoms with E-state index in [4.69, 9.17) is 11.6 Å². The predicted molar refractivity (Wildman–Crippen MR) is 119 cm³/mol. The van der Waals surface area contributed by atoms with Gasteiger partial charge in [0.05, 0.1) is 11.1 Å². The van der Waals surface area contributed by atoms with Gasteiger partial charge in [-0.25, -0.2) is 4.39 Å². The van der Waals surface area contributed by atoms with E-state index in [1.54, 1.807) is 30.3 Å². The average Bonchev–Trinajstić information content (AvgIpc) is 3.01. The van der Waals surface area contributed by atoms with Crippen LogP contribution in [0.1, 0.15) is 52.6 Å². The number of piperazine rings is 1. The number of hydrogen-bond donors (Lipinski definition) is 0. The van der Waals surface area contributed by atoms with Crippen molar-refractivity contribution in [2.24, 2.45) is 0 Å². The Morgan fingerprint density at radius 1 is 0.935 bits per heavy atom. The highest BCUT2D eigenvalue weighted by Gasteiger charge is 2.36. The lowest BCUT2D eigenvalue weighted by Crippen LogP contribution is -2.50. The number of carbonyl (C=O) groups is 2. The van der Waals surface area contributed by atoms with Crippen molar-refractivity contribution in [3.63, 3.8) is 0 Å². The highest BCUT2D eigenvalue weighted by atomic mass is 35.5. The molecule has 164 valence electrons. The van der Waals surface area contributed by atoms with Crippen LogP contribution in [0.4, 0.5) is 4.39 Å². The number of carbonyl (C=O) groups excluding carboxylic acids is 2. The number of fused-ring (bicyclic) bond motifs is 1. The first kappa shape index (κ1) is 21.9. The monoisotopic (exact) mass is 443 g/mol. The summed E-state index contributed by atoms with van der Waals surface area (Å²) < 4.78 is 14.8. The highest BCUT2D eigenvalue weighted by molar-refractivity contribution is 6.30. The van der Waals surface area contributed by atoms with Crippen LogP contribution in [0.25, 0.3) is 0 Å². The van der Waals surface area contributed by atoms with Crippen molar-refractivity contribution in [1.29, 1.82) is 0 Å². The third-order valence-electron chi connectivity index (χ3n) is 6.34. The van der Waals surface area contributed by atoms with Crippen LogP contribution < -0.4 is 0 Å². The molecule has 0 unspecified atom stereocenters. The van der Waals surface area contributed by atoms with Crippen LogP contribution in [-0.2, 0) is 0 Å². The maximum Gasteiger partial charge on any atom is 0.261 e. The molecule has 1 atom stereocenters. The summed E-state index contributed by atoms with van der Waals surface area (Å²) >= 11 is 6.19. The number of halogens is 2. The van der Waals surface area contributed by atoms with Gasteiger partial charge in [-0.2, -0.15) is 0 Å². The maximum absolute atomic E-state index is 14.8. The summed E-state index contributed by atoms with van der Waals surface area (Å²) in [4.78, 5) is 31.4. The van der Waals surface area contributed by atoms with E-state index in [1.165, 1.54) is 17.0 Å². The summed E-state index contributed by atoms with van der Waals surface area (Å²) in [5.41, 5.74) is 1.38. The molecule has 7 heteroatoms. The molecule has 1 saturated heterocycles. The fourth-order valence-electron chi connectivity index (χ4n) is 4.56. The number of rotatable bonds is 6. The Hall–Kier alpha value is -2.28. The smallest absolute Gasteiger partial charge is 0.261 e. The minimum atomic E-state index is -0.317. The van der Waals surface area contributed by atoms with Crippen LogP contribution in [0, 0.1) is 5.82 Å². The zero-order chi connectivity index (χ0) is 22.1. The minimum Gasteiger partial charge on any atom is -0.298 e. The first-order valence-corrected chi connectivity index (χ1v) is 11.1. The Labute approximate surface area is 187 Å². The van der Waals surface area contributed by atoms with Gasteiger partial charge >= 0.3 is 0 Å². The summed E-state index contributed by atoms with van der Waals surface area (Å²) in [6.07, 6.45) is 0.449. The molecule has 0 aliphatic carbocycles. The van der Waals surface area contributed by atoms with E-state index in [0.717, 1.165) is 26.2 Å². The molecule has 0 bridgehead atoms. The van der Waals surface area contributed by atoms with Crippen LogP contribution in [0.5, 0.6) is 0 Å². The predicted octanol–water partition coefficient (Wildman–Crippen LogP) is 4.23. The van der Waals surface area contributed by atoms with Gasteiger partial charge in [0.2, 0.25) is 0 Å². The number of hydrogen-bond acceptors (Lipinski definition) is 4. The van der Waals surface area contributed by atoms with E-state index in [2.05, 4.69) is 23.6 Å². The van der Waals surface area contributed by atoms with Gasteiger partial charge in [-0.05, 0) is 50.6 Å². The normalized spacial score (nSPS) is 18.7. The molecule has 4 rings (SSSR count). The van der Waals surface area contributed by atoms with Crippen LogP contribution >= 0.6 is 11.6 Å². The van der Waals surface area contributed by atoms with E-state index in [-0.39, 0.29) is 30.2 Å². The van der Waals surface area contributed by atoms with Crippen LogP contribution in [0.3, 0.4) is 0 Å². The fraction of sp³-hybridized carbons (Fsp3) is 0.417. The van der Waals surface area contributed by atoms with Crippen molar-refractivity contribution >= 4 is 23.4 Å². The quantitative estimate of drug-likeness (QED) is 0.626. The Balaban J connectivity index is 1.55. The zero-order valence-corrected chi connectivity index (χ0v) is 18.6. The number of imide groups is 1. The van der Waals surface area contributed by atoms with E-state index < -0.39 is 0 Å². The fourth-order valence-corrected chi connectivity index (χ4v) is 4.74. The SMILES string of the molecule is CC(C)N1CCN([C@@H](CCN2C(=O)c3ccccc3C2=O)c2cc(Cl)ccc2F)CC1. The number of benzene rings is 2. The molecular formula is C24H27ClFN3O2. The maximum atomic E-state index is 14.8. The average molecular weight is 444 g/mol. The molecule has 2 aliphatic heterocycles. The van der Waals surface area contributed by atoms with Crippen molar-refractivity contribution in [2.75, 3.05) is 32.7 Å². The number of amides is 2. The van der Waals surface area contributed by atoms with E-state index in [9.17, 15) is 14.0 Å². The van der Waals surface area contributed by atoms with Crippen LogP contribution in [0.15, 0.2) is 42.5 Å². The van der Waals surface area contributed by atoms with Crippen molar-refractivity contribution < 1.29 is 14.0 Å². The molecule has 5 nitrogen and oxygen atoms in total. The summed E-state index contributed by atoms with van der Waals surface area (Å²) in [5, 5.41) is 0.475. The molecule has 2 aliphatic rings. The molecule has 0 radical (unpaired) electrons. The second kappa shape index (κ2) is 9.07. The van der Waals surface area contributed by atoms with Crippen molar-refractivity contribution in [2.45, 2.75) is 32.4 Å². The van der Waals surface area contributed by atoms with Crippen molar-refractivity contribution in [3.8, 4) is 0 Å². The second-order valence-electron chi connectivity index (χ2n) is 8.44. The summed E-state index contributed by atoms with van der Waals surface area (Å²) in [7, 11) is 0. The molecular weight excluding hydrogens is 417 g/mol. The Kier molecular flexibility index (Phi) is 6.42. The molecule has 0 N–H and O–H groups in total. The van der Waals surface area contributed by atoms with Crippen molar-refractivity contribution in [3.05, 3.63) is 70.0 Å². The molecule has 0 aromatic heterocycles. The summed E-state index contributed by atoms with van der Waals surface area (Å²) in [6, 6.07) is 11.6. The molecule has 0 spiro atoms. The zero-order valence-electron chi connectivity index (χ0n) is 17.9. The molecule has 2 amide bonds. The van der Waals surface area contributed by atoms with Crippen molar-refractivity contribution in [1.82, 2.24) is 14.7 Å². The van der Waals surface area contributed by atoms with E-state index in [0.29, 0.717) is 34.2 Å². The standard InChI is InChI=1S/C24H27ClFN3O2/c1-16(2)27-11-13-28(14-12-27)22(20-15-17(25)7-8-21(20)26)9-10-29-23(30)18-5-3-4-6-19(18)24(29)31/h3-8,15-16,22H,9-14H2,1-2H3/t22-/m0/s1. The third-order valence-corrected chi connectivity index (χ3v) is 6.58. The lowest BCUT2D eigenvalue weighted by atomic mass is 9.99. The molecule has 2 heterocycles. The first-order chi connectivity index (χ1) is 14.9. The Morgan fingerprint density at radius 3 is 2.10 bits per heavy atom. The Bertz CT molecular complexity index is 954. The lowest BCUT2D eigenvalue weighted by Gasteiger charge is -2.41. The largest absolute Gasteiger partial charge is 0.298 e. The van der Waals surface area contributed by atoms with Gasteiger partial charge in [0.1, 0.15) is 5.82 Å². The highest BCUT2D eigenvalue weighted by Crippen LogP contribution is 2.32. The number of nitrogens with zero attached hydrogens (tertiary/aromatic N) is 3. The van der Waals surface area contributed by atoms with Gasteiger partial charge in [0.25, 0.3) is 11.8 Å². The molecule has 2 aromatic rings. The molecule has 31 heavy (non-hydrogen) atoms. The van der Waals surface area contributed by atoms with Gasteiger partial charge in [-0.1, -0.05) is 23.7 Å². The van der Waals surface area contributed by atoms with Crippen LogP contribution in [0.2, 0.25) is 5.02 Å². The summed E-state index contributed by atoms with van der Waals surface area (Å²) in [5.74, 6) is -0.880. The Morgan fingerprint density at radius 2 is 1.52 bits per heavy atom. The molecule has 2 aromatic carbocycles. The third kappa shape index (κ3) is 4.38. The minimum absolute atomic E-state index is 0.230. The molecule has 1 fully saturated rings.